The number of amidine groups is 1. The minimum atomic E-state index is -0.634. The van der Waals surface area contributed by atoms with Crippen molar-refractivity contribution in [3.63, 3.8) is 0 Å². The summed E-state index contributed by atoms with van der Waals surface area (Å²) in [5.74, 6) is 0.860. The van der Waals surface area contributed by atoms with Gasteiger partial charge in [0.25, 0.3) is 5.91 Å². The number of hydrogen-bond donors (Lipinski definition) is 1. The van der Waals surface area contributed by atoms with E-state index in [9.17, 15) is 9.59 Å². The molecule has 0 aromatic heterocycles. The normalized spacial score (nSPS) is 18.7. The van der Waals surface area contributed by atoms with Gasteiger partial charge in [0.1, 0.15) is 16.7 Å². The highest BCUT2D eigenvalue weighted by Crippen LogP contribution is 2.39. The molecule has 5 rings (SSSR count). The van der Waals surface area contributed by atoms with E-state index in [0.29, 0.717) is 22.3 Å². The Morgan fingerprint density at radius 3 is 2.50 bits per heavy atom. The van der Waals surface area contributed by atoms with Gasteiger partial charge in [-0.2, -0.15) is 10.1 Å². The second-order valence-electron chi connectivity index (χ2n) is 8.71. The zero-order valence-corrected chi connectivity index (χ0v) is 22.3. The van der Waals surface area contributed by atoms with Crippen molar-refractivity contribution in [3.05, 3.63) is 88.9 Å². The van der Waals surface area contributed by atoms with E-state index in [1.165, 1.54) is 11.8 Å². The molecule has 2 aliphatic rings. The molecule has 1 N–H and O–H groups in total. The lowest BCUT2D eigenvalue weighted by molar-refractivity contribution is -0.121. The minimum Gasteiger partial charge on any atom is -0.497 e. The second-order valence-corrected chi connectivity index (χ2v) is 10.3. The summed E-state index contributed by atoms with van der Waals surface area (Å²) in [6.07, 6.45) is 0.599. The quantitative estimate of drug-likeness (QED) is 0.417. The van der Waals surface area contributed by atoms with Crippen LogP contribution >= 0.6 is 23.4 Å². The third-order valence-electron chi connectivity index (χ3n) is 6.24. The van der Waals surface area contributed by atoms with Crippen LogP contribution in [0.2, 0.25) is 5.02 Å². The van der Waals surface area contributed by atoms with E-state index in [4.69, 9.17) is 26.2 Å². The van der Waals surface area contributed by atoms with Crippen molar-refractivity contribution in [1.82, 2.24) is 5.01 Å². The van der Waals surface area contributed by atoms with E-state index in [0.717, 1.165) is 28.3 Å². The van der Waals surface area contributed by atoms with Crippen molar-refractivity contribution in [2.24, 2.45) is 10.1 Å². The first kappa shape index (κ1) is 25.8. The van der Waals surface area contributed by atoms with Crippen molar-refractivity contribution < 1.29 is 19.1 Å². The number of carbonyl (C=O) groups excluding carboxylic acids is 2. The summed E-state index contributed by atoms with van der Waals surface area (Å²) in [4.78, 5) is 29.8. The Hall–Kier alpha value is -3.82. The van der Waals surface area contributed by atoms with Crippen molar-refractivity contribution in [1.29, 1.82) is 0 Å². The number of rotatable bonds is 7. The molecule has 2 heterocycles. The largest absolute Gasteiger partial charge is 0.497 e. The number of aliphatic imine (C=N–C) groups is 1. The van der Waals surface area contributed by atoms with E-state index < -0.39 is 5.25 Å². The van der Waals surface area contributed by atoms with Gasteiger partial charge in [0.05, 0.1) is 26.0 Å². The van der Waals surface area contributed by atoms with Crippen LogP contribution in [0.15, 0.2) is 82.9 Å². The maximum Gasteiger partial charge on any atom is 0.262 e. The first-order valence-corrected chi connectivity index (χ1v) is 13.2. The van der Waals surface area contributed by atoms with E-state index in [2.05, 4.69) is 10.3 Å². The molecule has 0 fully saturated rings. The zero-order chi connectivity index (χ0) is 26.6. The lowest BCUT2D eigenvalue weighted by Gasteiger charge is -2.23. The Balaban J connectivity index is 1.36. The summed E-state index contributed by atoms with van der Waals surface area (Å²) in [5.41, 5.74) is 3.40. The van der Waals surface area contributed by atoms with Gasteiger partial charge in [0.15, 0.2) is 5.17 Å². The molecule has 3 aromatic carbocycles. The standard InChI is InChI=1S/C28H25ClN4O4S/c1-36-21-12-6-17(7-13-21)24-15-23(18-4-3-5-22(14-18)37-2)32-33(24)28-31-27(35)25(38-28)16-26(34)30-20-10-8-19(29)9-11-20/h3-14,24-25H,15-16H2,1-2H3,(H,30,34)/t24-,25-/m0/s1. The third kappa shape index (κ3) is 5.69. The van der Waals surface area contributed by atoms with Gasteiger partial charge in [-0.3, -0.25) is 9.59 Å². The lowest BCUT2D eigenvalue weighted by Crippen LogP contribution is -2.25. The van der Waals surface area contributed by atoms with Gasteiger partial charge in [-0.1, -0.05) is 47.6 Å². The molecule has 0 radical (unpaired) electrons. The molecule has 10 heteroatoms. The van der Waals surface area contributed by atoms with Crippen molar-refractivity contribution in [3.8, 4) is 11.5 Å². The molecule has 0 bridgehead atoms. The predicted octanol–water partition coefficient (Wildman–Crippen LogP) is 5.54. The van der Waals surface area contributed by atoms with Crippen LogP contribution in [-0.4, -0.2) is 47.2 Å². The van der Waals surface area contributed by atoms with Crippen molar-refractivity contribution >= 4 is 51.7 Å². The summed E-state index contributed by atoms with van der Waals surface area (Å²) < 4.78 is 10.7. The molecule has 2 aliphatic heterocycles. The smallest absolute Gasteiger partial charge is 0.262 e. The molecule has 194 valence electrons. The number of benzene rings is 3. The summed E-state index contributed by atoms with van der Waals surface area (Å²) >= 11 is 7.17. The summed E-state index contributed by atoms with van der Waals surface area (Å²) in [7, 11) is 3.25. The third-order valence-corrected chi connectivity index (χ3v) is 7.63. The van der Waals surface area contributed by atoms with E-state index in [1.807, 2.05) is 48.5 Å². The SMILES string of the molecule is COc1ccc([C@@H]2CC(c3cccc(OC)c3)=NN2C2=NC(=O)[C@H](CC(=O)Nc3ccc(Cl)cc3)S2)cc1. The average Bonchev–Trinajstić information content (AvgIpc) is 3.54. The Kier molecular flexibility index (Phi) is 7.67. The topological polar surface area (TPSA) is 92.6 Å². The Morgan fingerprint density at radius 1 is 1.05 bits per heavy atom. The first-order chi connectivity index (χ1) is 18.4. The summed E-state index contributed by atoms with van der Waals surface area (Å²) in [6, 6.07) is 22.1. The molecular formula is C28H25ClN4O4S. The maximum atomic E-state index is 12.8. The van der Waals surface area contributed by atoms with Crippen LogP contribution in [0.1, 0.15) is 30.0 Å². The number of anilines is 1. The van der Waals surface area contributed by atoms with Crippen LogP contribution in [0, 0.1) is 0 Å². The Morgan fingerprint density at radius 2 is 1.79 bits per heavy atom. The van der Waals surface area contributed by atoms with Crippen molar-refractivity contribution in [2.75, 3.05) is 19.5 Å². The second kappa shape index (κ2) is 11.3. The first-order valence-electron chi connectivity index (χ1n) is 11.9. The zero-order valence-electron chi connectivity index (χ0n) is 20.8. The van der Waals surface area contributed by atoms with Crippen LogP contribution in [0.5, 0.6) is 11.5 Å². The van der Waals surface area contributed by atoms with Crippen LogP contribution in [0.3, 0.4) is 0 Å². The number of nitrogens with zero attached hydrogens (tertiary/aromatic N) is 3. The molecule has 3 aromatic rings. The van der Waals surface area contributed by atoms with Crippen LogP contribution in [-0.2, 0) is 9.59 Å². The monoisotopic (exact) mass is 548 g/mol. The van der Waals surface area contributed by atoms with Gasteiger partial charge >= 0.3 is 0 Å². The number of hydrogen-bond acceptors (Lipinski definition) is 7. The molecule has 0 saturated carbocycles. The maximum absolute atomic E-state index is 12.8. The van der Waals surface area contributed by atoms with Gasteiger partial charge in [0.2, 0.25) is 5.91 Å². The highest BCUT2D eigenvalue weighted by molar-refractivity contribution is 8.15. The fourth-order valence-electron chi connectivity index (χ4n) is 4.27. The number of nitrogens with one attached hydrogen (secondary N) is 1. The number of carbonyl (C=O) groups is 2. The van der Waals surface area contributed by atoms with Crippen LogP contribution in [0.4, 0.5) is 5.69 Å². The minimum absolute atomic E-state index is 0.00732. The number of methoxy groups -OCH3 is 2. The molecule has 0 saturated heterocycles. The molecule has 8 nitrogen and oxygen atoms in total. The van der Waals surface area contributed by atoms with Crippen LogP contribution < -0.4 is 14.8 Å². The molecule has 2 amide bonds. The molecule has 0 spiro atoms. The van der Waals surface area contributed by atoms with Gasteiger partial charge < -0.3 is 14.8 Å². The van der Waals surface area contributed by atoms with E-state index in [-0.39, 0.29) is 24.3 Å². The number of amides is 2. The van der Waals surface area contributed by atoms with Crippen molar-refractivity contribution in [2.45, 2.75) is 24.1 Å². The number of ether oxygens (including phenoxy) is 2. The molecule has 0 aliphatic carbocycles. The number of thioether (sulfide) groups is 1. The lowest BCUT2D eigenvalue weighted by atomic mass is 9.98. The molecule has 0 unspecified atom stereocenters. The van der Waals surface area contributed by atoms with E-state index in [1.54, 1.807) is 43.5 Å². The predicted molar refractivity (Wildman–Crippen MR) is 150 cm³/mol. The average molecular weight is 549 g/mol. The fraction of sp³-hybridized carbons (Fsp3) is 0.214. The highest BCUT2D eigenvalue weighted by Gasteiger charge is 2.39. The Bertz CT molecular complexity index is 1410. The number of hydrazone groups is 1. The molecule has 2 atom stereocenters. The fourth-order valence-corrected chi connectivity index (χ4v) is 5.46. The Labute approximate surface area is 229 Å². The summed E-state index contributed by atoms with van der Waals surface area (Å²) in [5, 5.41) is 9.89. The van der Waals surface area contributed by atoms with E-state index >= 15 is 0 Å². The van der Waals surface area contributed by atoms with Gasteiger partial charge in [-0.15, -0.1) is 0 Å². The van der Waals surface area contributed by atoms with Gasteiger partial charge in [-0.05, 0) is 54.1 Å². The van der Waals surface area contributed by atoms with Gasteiger partial charge in [0, 0.05) is 29.1 Å². The molecular weight excluding hydrogens is 524 g/mol. The summed E-state index contributed by atoms with van der Waals surface area (Å²) in [6.45, 7) is 0. The number of halogens is 1. The highest BCUT2D eigenvalue weighted by atomic mass is 35.5. The van der Waals surface area contributed by atoms with Crippen LogP contribution in [0.25, 0.3) is 0 Å². The molecule has 38 heavy (non-hydrogen) atoms. The van der Waals surface area contributed by atoms with Gasteiger partial charge in [-0.25, -0.2) is 5.01 Å².